The van der Waals surface area contributed by atoms with Crippen LogP contribution in [0.15, 0.2) is 30.3 Å². The second kappa shape index (κ2) is 5.71. The lowest BCUT2D eigenvalue weighted by Gasteiger charge is -2.21. The Morgan fingerprint density at radius 1 is 1.37 bits per heavy atom. The average molecular weight is 255 g/mol. The zero-order chi connectivity index (χ0) is 13.8. The first kappa shape index (κ1) is 13.4. The van der Waals surface area contributed by atoms with Crippen molar-refractivity contribution in [2.45, 2.75) is 38.1 Å². The molecule has 0 N–H and O–H groups in total. The van der Waals surface area contributed by atoms with Crippen LogP contribution in [0.25, 0.3) is 0 Å². The summed E-state index contributed by atoms with van der Waals surface area (Å²) in [6.45, 7) is 1.99. The molecule has 1 saturated heterocycles. The van der Waals surface area contributed by atoms with Crippen molar-refractivity contribution in [2.75, 3.05) is 0 Å². The highest BCUT2D eigenvalue weighted by Gasteiger charge is 2.42. The molecule has 0 saturated carbocycles. The van der Waals surface area contributed by atoms with Gasteiger partial charge in [0.15, 0.2) is 0 Å². The second-order valence-electron chi connectivity index (χ2n) is 4.74. The van der Waals surface area contributed by atoms with Gasteiger partial charge in [0.25, 0.3) is 0 Å². The summed E-state index contributed by atoms with van der Waals surface area (Å²) >= 11 is 0. The highest BCUT2D eigenvalue weighted by atomic mass is 16.2. The Morgan fingerprint density at radius 2 is 2.05 bits per heavy atom. The van der Waals surface area contributed by atoms with E-state index in [1.54, 1.807) is 0 Å². The van der Waals surface area contributed by atoms with Gasteiger partial charge in [-0.3, -0.25) is 14.5 Å². The molecule has 1 aromatic rings. The topological polar surface area (TPSA) is 37.4 Å². The molecule has 19 heavy (non-hydrogen) atoms. The van der Waals surface area contributed by atoms with Crippen LogP contribution in [0.2, 0.25) is 0 Å². The third-order valence-electron chi connectivity index (χ3n) is 3.45. The molecular formula is C16H17NO2. The van der Waals surface area contributed by atoms with Gasteiger partial charge in [-0.1, -0.05) is 49.6 Å². The van der Waals surface area contributed by atoms with E-state index < -0.39 is 6.04 Å². The summed E-state index contributed by atoms with van der Waals surface area (Å²) in [6, 6.07) is 9.00. The van der Waals surface area contributed by atoms with Crippen molar-refractivity contribution in [1.29, 1.82) is 0 Å². The number of benzene rings is 1. The smallest absolute Gasteiger partial charge is 0.238 e. The fourth-order valence-electron chi connectivity index (χ4n) is 2.48. The molecule has 1 aliphatic rings. The van der Waals surface area contributed by atoms with Gasteiger partial charge >= 0.3 is 0 Å². The van der Waals surface area contributed by atoms with Crippen LogP contribution in [0, 0.1) is 12.3 Å². The van der Waals surface area contributed by atoms with E-state index in [2.05, 4.69) is 5.92 Å². The normalized spacial score (nSPS) is 20.4. The first-order valence-electron chi connectivity index (χ1n) is 6.56. The molecule has 0 spiro atoms. The fraction of sp³-hybridized carbons (Fsp3) is 0.375. The predicted octanol–water partition coefficient (Wildman–Crippen LogP) is 2.33. The quantitative estimate of drug-likeness (QED) is 0.611. The van der Waals surface area contributed by atoms with Gasteiger partial charge in [0.05, 0.1) is 5.92 Å². The van der Waals surface area contributed by atoms with Gasteiger partial charge in [-0.2, -0.15) is 0 Å². The average Bonchev–Trinajstić information content (AvgIpc) is 2.73. The first-order valence-corrected chi connectivity index (χ1v) is 6.56. The largest absolute Gasteiger partial charge is 0.274 e. The van der Waals surface area contributed by atoms with Crippen LogP contribution >= 0.6 is 0 Å². The Kier molecular flexibility index (Phi) is 4.01. The van der Waals surface area contributed by atoms with Gasteiger partial charge in [-0.25, -0.2) is 0 Å². The molecule has 98 valence electrons. The first-order chi connectivity index (χ1) is 9.19. The van der Waals surface area contributed by atoms with E-state index in [1.165, 1.54) is 4.90 Å². The van der Waals surface area contributed by atoms with Crippen molar-refractivity contribution in [3.05, 3.63) is 35.9 Å². The number of likely N-dealkylation sites (tertiary alicyclic amines) is 1. The van der Waals surface area contributed by atoms with Crippen molar-refractivity contribution in [3.8, 4) is 12.3 Å². The van der Waals surface area contributed by atoms with Gasteiger partial charge in [0, 0.05) is 6.42 Å². The summed E-state index contributed by atoms with van der Waals surface area (Å²) < 4.78 is 0. The fourth-order valence-corrected chi connectivity index (χ4v) is 2.48. The Hall–Kier alpha value is -2.08. The molecule has 1 aliphatic heterocycles. The molecule has 0 bridgehead atoms. The van der Waals surface area contributed by atoms with Crippen LogP contribution in [0.5, 0.6) is 0 Å². The summed E-state index contributed by atoms with van der Waals surface area (Å²) in [5.41, 5.74) is 0.885. The lowest BCUT2D eigenvalue weighted by Crippen LogP contribution is -2.39. The van der Waals surface area contributed by atoms with Crippen molar-refractivity contribution >= 4 is 11.8 Å². The third-order valence-corrected chi connectivity index (χ3v) is 3.45. The number of terminal acetylenes is 1. The molecule has 1 aromatic carbocycles. The molecule has 2 atom stereocenters. The van der Waals surface area contributed by atoms with Gasteiger partial charge in [0.1, 0.15) is 6.04 Å². The molecule has 1 fully saturated rings. The molecule has 3 heteroatoms. The molecule has 2 unspecified atom stereocenters. The summed E-state index contributed by atoms with van der Waals surface area (Å²) in [5.74, 6) is 1.87. The monoisotopic (exact) mass is 255 g/mol. The van der Waals surface area contributed by atoms with E-state index in [0.717, 1.165) is 12.0 Å². The van der Waals surface area contributed by atoms with Crippen molar-refractivity contribution < 1.29 is 9.59 Å². The number of hydrogen-bond donors (Lipinski definition) is 0. The van der Waals surface area contributed by atoms with Crippen molar-refractivity contribution in [3.63, 3.8) is 0 Å². The highest BCUT2D eigenvalue weighted by Crippen LogP contribution is 2.31. The lowest BCUT2D eigenvalue weighted by molar-refractivity contribution is -0.140. The molecule has 3 nitrogen and oxygen atoms in total. The number of amides is 2. The van der Waals surface area contributed by atoms with E-state index in [9.17, 15) is 9.59 Å². The number of nitrogens with zero attached hydrogens (tertiary/aromatic N) is 1. The van der Waals surface area contributed by atoms with Crippen LogP contribution in [0.4, 0.5) is 0 Å². The lowest BCUT2D eigenvalue weighted by atomic mass is 9.98. The minimum absolute atomic E-state index is 0.157. The Balaban J connectivity index is 2.24. The summed E-state index contributed by atoms with van der Waals surface area (Å²) in [7, 11) is 0. The van der Waals surface area contributed by atoms with Gasteiger partial charge in [-0.15, -0.1) is 6.42 Å². The SMILES string of the molecule is C#CC(CCC)N1C(=O)CC(c2ccccc2)C1=O. The van der Waals surface area contributed by atoms with E-state index in [1.807, 2.05) is 37.3 Å². The number of rotatable bonds is 4. The Bertz CT molecular complexity index is 515. The van der Waals surface area contributed by atoms with E-state index in [4.69, 9.17) is 6.42 Å². The standard InChI is InChI=1S/C16H17NO2/c1-3-8-13(4-2)17-15(18)11-14(16(17)19)12-9-6-5-7-10-12/h2,5-7,9-10,13-14H,3,8,11H2,1H3. The Labute approximate surface area is 113 Å². The van der Waals surface area contributed by atoms with E-state index >= 15 is 0 Å². The van der Waals surface area contributed by atoms with Crippen LogP contribution < -0.4 is 0 Å². The van der Waals surface area contributed by atoms with E-state index in [-0.39, 0.29) is 24.2 Å². The van der Waals surface area contributed by atoms with Crippen LogP contribution in [0.1, 0.15) is 37.7 Å². The maximum absolute atomic E-state index is 12.4. The number of carbonyl (C=O) groups excluding carboxylic acids is 2. The maximum atomic E-state index is 12.4. The maximum Gasteiger partial charge on any atom is 0.238 e. The van der Waals surface area contributed by atoms with E-state index in [0.29, 0.717) is 6.42 Å². The van der Waals surface area contributed by atoms with Gasteiger partial charge in [-0.05, 0) is 12.0 Å². The number of imide groups is 1. The van der Waals surface area contributed by atoms with Crippen LogP contribution in [-0.2, 0) is 9.59 Å². The minimum atomic E-state index is -0.404. The third kappa shape index (κ3) is 2.53. The Morgan fingerprint density at radius 3 is 2.63 bits per heavy atom. The highest BCUT2D eigenvalue weighted by molar-refractivity contribution is 6.06. The molecule has 2 amide bonds. The van der Waals surface area contributed by atoms with Crippen LogP contribution in [-0.4, -0.2) is 22.8 Å². The summed E-state index contributed by atoms with van der Waals surface area (Å²) in [5, 5.41) is 0. The van der Waals surface area contributed by atoms with Crippen molar-refractivity contribution in [1.82, 2.24) is 4.90 Å². The predicted molar refractivity (Wildman–Crippen MR) is 73.2 cm³/mol. The molecule has 0 radical (unpaired) electrons. The molecule has 2 rings (SSSR count). The summed E-state index contributed by atoms with van der Waals surface area (Å²) in [4.78, 5) is 25.7. The molecule has 0 aromatic heterocycles. The number of hydrogen-bond acceptors (Lipinski definition) is 2. The zero-order valence-electron chi connectivity index (χ0n) is 11.0. The van der Waals surface area contributed by atoms with Gasteiger partial charge in [0.2, 0.25) is 11.8 Å². The minimum Gasteiger partial charge on any atom is -0.274 e. The zero-order valence-corrected chi connectivity index (χ0v) is 11.0. The van der Waals surface area contributed by atoms with Crippen molar-refractivity contribution in [2.24, 2.45) is 0 Å². The van der Waals surface area contributed by atoms with Gasteiger partial charge < -0.3 is 0 Å². The molecular weight excluding hydrogens is 238 g/mol. The molecule has 1 heterocycles. The molecule has 0 aliphatic carbocycles. The second-order valence-corrected chi connectivity index (χ2v) is 4.74. The number of carbonyl (C=O) groups is 2. The van der Waals surface area contributed by atoms with Crippen LogP contribution in [0.3, 0.4) is 0 Å². The summed E-state index contributed by atoms with van der Waals surface area (Å²) in [6.07, 6.45) is 7.19.